The van der Waals surface area contributed by atoms with Gasteiger partial charge in [0.25, 0.3) is 0 Å². The molecule has 2 aliphatic heterocycles. The van der Waals surface area contributed by atoms with Gasteiger partial charge in [-0.2, -0.15) is 0 Å². The summed E-state index contributed by atoms with van der Waals surface area (Å²) in [6.45, 7) is 4.59. The van der Waals surface area contributed by atoms with Crippen LogP contribution in [0.1, 0.15) is 6.92 Å². The van der Waals surface area contributed by atoms with Crippen LogP contribution in [-0.2, 0) is 9.53 Å². The van der Waals surface area contributed by atoms with Gasteiger partial charge >= 0.3 is 6.09 Å². The van der Waals surface area contributed by atoms with Crippen molar-refractivity contribution in [2.24, 2.45) is 0 Å². The molecule has 2 aromatic heterocycles. The van der Waals surface area contributed by atoms with Crippen molar-refractivity contribution >= 4 is 29.2 Å². The Balaban J connectivity index is 1.19. The quantitative estimate of drug-likeness (QED) is 0.580. The summed E-state index contributed by atoms with van der Waals surface area (Å²) in [6, 6.07) is 10.7. The molecule has 182 valence electrons. The molecule has 0 spiro atoms. The zero-order valence-corrected chi connectivity index (χ0v) is 19.3. The number of benzene rings is 1. The summed E-state index contributed by atoms with van der Waals surface area (Å²) < 4.78 is 25.5. The SMILES string of the molecule is CC(=O)NC[C@H]1CN(c2ccc(N3CCN(c4ccc(-c5ccoc5)cn4)CC3)c(F)c2)C(=O)O1. The number of hydrogen-bond donors (Lipinski definition) is 1. The average molecular weight is 480 g/mol. The van der Waals surface area contributed by atoms with E-state index in [0.717, 1.165) is 16.9 Å². The van der Waals surface area contributed by atoms with Crippen molar-refractivity contribution in [3.63, 3.8) is 0 Å². The average Bonchev–Trinajstić information content (AvgIpc) is 3.53. The second-order valence-corrected chi connectivity index (χ2v) is 8.58. The van der Waals surface area contributed by atoms with E-state index < -0.39 is 18.0 Å². The van der Waals surface area contributed by atoms with Crippen LogP contribution in [0.15, 0.2) is 59.5 Å². The molecule has 10 heteroatoms. The Bertz CT molecular complexity index is 1190. The normalized spacial score (nSPS) is 18.1. The minimum atomic E-state index is -0.549. The van der Waals surface area contributed by atoms with Crippen LogP contribution in [0.25, 0.3) is 11.1 Å². The number of anilines is 3. The van der Waals surface area contributed by atoms with Crippen LogP contribution in [-0.4, -0.2) is 62.4 Å². The Kier molecular flexibility index (Phi) is 6.26. The predicted octanol–water partition coefficient (Wildman–Crippen LogP) is 3.27. The van der Waals surface area contributed by atoms with Crippen LogP contribution < -0.4 is 20.0 Å². The second-order valence-electron chi connectivity index (χ2n) is 8.58. The van der Waals surface area contributed by atoms with Gasteiger partial charge in [0.05, 0.1) is 37.0 Å². The van der Waals surface area contributed by atoms with Crippen LogP contribution in [0, 0.1) is 5.82 Å². The fourth-order valence-electron chi connectivity index (χ4n) is 4.37. The number of aromatic nitrogens is 1. The Morgan fingerprint density at radius 1 is 1.11 bits per heavy atom. The van der Waals surface area contributed by atoms with E-state index in [1.165, 1.54) is 17.9 Å². The van der Waals surface area contributed by atoms with Crippen LogP contribution in [0.2, 0.25) is 0 Å². The maximum absolute atomic E-state index is 15.1. The highest BCUT2D eigenvalue weighted by atomic mass is 19.1. The van der Waals surface area contributed by atoms with Gasteiger partial charge in [0, 0.05) is 50.4 Å². The number of pyridine rings is 1. The molecule has 0 aliphatic carbocycles. The molecule has 1 atom stereocenters. The maximum atomic E-state index is 15.1. The maximum Gasteiger partial charge on any atom is 0.414 e. The number of hydrogen-bond acceptors (Lipinski definition) is 7. The molecule has 0 radical (unpaired) electrons. The number of halogens is 1. The van der Waals surface area contributed by atoms with Crippen molar-refractivity contribution in [2.45, 2.75) is 13.0 Å². The van der Waals surface area contributed by atoms with E-state index in [9.17, 15) is 9.59 Å². The van der Waals surface area contributed by atoms with E-state index >= 15 is 4.39 Å². The van der Waals surface area contributed by atoms with Crippen LogP contribution in [0.4, 0.5) is 26.4 Å². The number of rotatable bonds is 6. The van der Waals surface area contributed by atoms with Crippen molar-refractivity contribution in [3.05, 3.63) is 60.9 Å². The Morgan fingerprint density at radius 2 is 1.91 bits per heavy atom. The van der Waals surface area contributed by atoms with Gasteiger partial charge in [0.1, 0.15) is 17.7 Å². The first-order valence-electron chi connectivity index (χ1n) is 11.5. The monoisotopic (exact) mass is 479 g/mol. The van der Waals surface area contributed by atoms with Gasteiger partial charge in [-0.1, -0.05) is 0 Å². The standard InChI is InChI=1S/C25H26FN5O4/c1-17(32)27-14-21-15-31(25(33)35-21)20-3-4-23(22(26)12-20)29-7-9-30(10-8-29)24-5-2-18(13-28-24)19-6-11-34-16-19/h2-6,11-13,16,21H,7-10,14-15H2,1H3,(H,27,32)/t21-/m0/s1. The molecular weight excluding hydrogens is 453 g/mol. The molecule has 2 fully saturated rings. The number of amides is 2. The second kappa shape index (κ2) is 9.65. The number of cyclic esters (lactones) is 1. The number of nitrogens with one attached hydrogen (secondary N) is 1. The number of ether oxygens (including phenoxy) is 1. The molecule has 9 nitrogen and oxygen atoms in total. The highest BCUT2D eigenvalue weighted by molar-refractivity contribution is 5.90. The van der Waals surface area contributed by atoms with Crippen molar-refractivity contribution in [2.75, 3.05) is 54.0 Å². The fourth-order valence-corrected chi connectivity index (χ4v) is 4.37. The van der Waals surface area contributed by atoms with Gasteiger partial charge < -0.3 is 24.3 Å². The Morgan fingerprint density at radius 3 is 2.57 bits per heavy atom. The fraction of sp³-hybridized carbons (Fsp3) is 0.320. The highest BCUT2D eigenvalue weighted by Crippen LogP contribution is 2.29. The number of furan rings is 1. The van der Waals surface area contributed by atoms with Gasteiger partial charge in [-0.05, 0) is 36.4 Å². The van der Waals surface area contributed by atoms with E-state index in [-0.39, 0.29) is 19.0 Å². The zero-order chi connectivity index (χ0) is 24.4. The third-order valence-electron chi connectivity index (χ3n) is 6.24. The van der Waals surface area contributed by atoms with Crippen molar-refractivity contribution in [1.82, 2.24) is 10.3 Å². The lowest BCUT2D eigenvalue weighted by Crippen LogP contribution is -2.47. The number of carbonyl (C=O) groups excluding carboxylic acids is 2. The van der Waals surface area contributed by atoms with E-state index in [4.69, 9.17) is 9.15 Å². The molecule has 2 amide bonds. The lowest BCUT2D eigenvalue weighted by Gasteiger charge is -2.37. The molecule has 0 bridgehead atoms. The Hall–Kier alpha value is -4.08. The molecule has 35 heavy (non-hydrogen) atoms. The summed E-state index contributed by atoms with van der Waals surface area (Å²) in [4.78, 5) is 33.5. The third-order valence-corrected chi connectivity index (χ3v) is 6.24. The summed E-state index contributed by atoms with van der Waals surface area (Å²) in [5, 5.41) is 2.63. The highest BCUT2D eigenvalue weighted by Gasteiger charge is 2.33. The smallest absolute Gasteiger partial charge is 0.414 e. The summed E-state index contributed by atoms with van der Waals surface area (Å²) in [6.07, 6.45) is 4.13. The third kappa shape index (κ3) is 4.91. The summed E-state index contributed by atoms with van der Waals surface area (Å²) in [5.74, 6) is 0.294. The van der Waals surface area contributed by atoms with Crippen molar-refractivity contribution in [1.29, 1.82) is 0 Å². The van der Waals surface area contributed by atoms with E-state index in [0.29, 0.717) is 37.6 Å². The lowest BCUT2D eigenvalue weighted by molar-refractivity contribution is -0.119. The molecule has 5 rings (SSSR count). The van der Waals surface area contributed by atoms with E-state index in [1.54, 1.807) is 24.7 Å². The molecule has 2 aliphatic rings. The molecule has 0 saturated carbocycles. The first-order chi connectivity index (χ1) is 17.0. The Labute approximate surface area is 202 Å². The minimum absolute atomic E-state index is 0.197. The van der Waals surface area contributed by atoms with Crippen LogP contribution in [0.5, 0.6) is 0 Å². The summed E-state index contributed by atoms with van der Waals surface area (Å²) in [5.41, 5.74) is 2.91. The van der Waals surface area contributed by atoms with Gasteiger partial charge in [-0.25, -0.2) is 14.2 Å². The molecule has 1 N–H and O–H groups in total. The molecular formula is C25H26FN5O4. The predicted molar refractivity (Wildman–Crippen MR) is 129 cm³/mol. The van der Waals surface area contributed by atoms with Crippen LogP contribution >= 0.6 is 0 Å². The number of piperazine rings is 1. The first-order valence-corrected chi connectivity index (χ1v) is 11.5. The largest absolute Gasteiger partial charge is 0.472 e. The molecule has 4 heterocycles. The van der Waals surface area contributed by atoms with E-state index in [1.807, 2.05) is 29.3 Å². The minimum Gasteiger partial charge on any atom is -0.472 e. The zero-order valence-electron chi connectivity index (χ0n) is 19.3. The number of nitrogens with zero attached hydrogens (tertiary/aromatic N) is 4. The van der Waals surface area contributed by atoms with Gasteiger partial charge in [-0.15, -0.1) is 0 Å². The van der Waals surface area contributed by atoms with Gasteiger partial charge in [-0.3, -0.25) is 9.69 Å². The lowest BCUT2D eigenvalue weighted by atomic mass is 10.1. The van der Waals surface area contributed by atoms with E-state index in [2.05, 4.69) is 15.2 Å². The van der Waals surface area contributed by atoms with Crippen molar-refractivity contribution < 1.29 is 23.1 Å². The molecule has 3 aromatic rings. The molecule has 2 saturated heterocycles. The molecule has 1 aromatic carbocycles. The van der Waals surface area contributed by atoms with Gasteiger partial charge in [0.2, 0.25) is 5.91 Å². The topological polar surface area (TPSA) is 91.2 Å². The summed E-state index contributed by atoms with van der Waals surface area (Å²) in [7, 11) is 0. The number of carbonyl (C=O) groups is 2. The first kappa shape index (κ1) is 22.7. The summed E-state index contributed by atoms with van der Waals surface area (Å²) >= 11 is 0. The van der Waals surface area contributed by atoms with Crippen LogP contribution in [0.3, 0.4) is 0 Å². The van der Waals surface area contributed by atoms with Crippen molar-refractivity contribution in [3.8, 4) is 11.1 Å². The molecule has 0 unspecified atom stereocenters. The van der Waals surface area contributed by atoms with Gasteiger partial charge in [0.15, 0.2) is 0 Å².